The second-order valence-electron chi connectivity index (χ2n) is 6.06. The first kappa shape index (κ1) is 19.2. The molecule has 144 valence electrons. The molecule has 1 aromatic carbocycles. The highest BCUT2D eigenvalue weighted by atomic mass is 19.1. The van der Waals surface area contributed by atoms with E-state index in [9.17, 15) is 18.8 Å². The summed E-state index contributed by atoms with van der Waals surface area (Å²) in [6, 6.07) is 10.5. The molecule has 1 amide bonds. The maximum atomic E-state index is 13.1. The van der Waals surface area contributed by atoms with Crippen LogP contribution in [-0.2, 0) is 11.3 Å². The van der Waals surface area contributed by atoms with Crippen molar-refractivity contribution in [3.63, 3.8) is 0 Å². The van der Waals surface area contributed by atoms with E-state index in [4.69, 9.17) is 0 Å². The van der Waals surface area contributed by atoms with Gasteiger partial charge in [0.05, 0.1) is 12.2 Å². The van der Waals surface area contributed by atoms with Gasteiger partial charge in [-0.1, -0.05) is 0 Å². The van der Waals surface area contributed by atoms with Gasteiger partial charge in [-0.15, -0.1) is 0 Å². The topological polar surface area (TPSA) is 98.9 Å². The largest absolute Gasteiger partial charge is 0.352 e. The first-order valence-corrected chi connectivity index (χ1v) is 8.61. The molecule has 9 heteroatoms. The second-order valence-corrected chi connectivity index (χ2v) is 6.06. The van der Waals surface area contributed by atoms with Crippen LogP contribution >= 0.6 is 0 Å². The highest BCUT2D eigenvalue weighted by molar-refractivity contribution is 5.79. The van der Waals surface area contributed by atoms with Gasteiger partial charge in [-0.2, -0.15) is 10.2 Å². The van der Waals surface area contributed by atoms with Crippen LogP contribution in [0, 0.1) is 5.82 Å². The number of aromatic nitrogens is 4. The van der Waals surface area contributed by atoms with Gasteiger partial charge in [0.15, 0.2) is 0 Å². The summed E-state index contributed by atoms with van der Waals surface area (Å²) in [7, 11) is 0. The normalized spacial score (nSPS) is 11.8. The zero-order valence-electron chi connectivity index (χ0n) is 15.1. The van der Waals surface area contributed by atoms with E-state index in [2.05, 4.69) is 15.5 Å². The number of halogens is 1. The Morgan fingerprint density at radius 3 is 2.57 bits per heavy atom. The van der Waals surface area contributed by atoms with Gasteiger partial charge in [0.25, 0.3) is 11.1 Å². The number of nitrogens with zero attached hydrogens (tertiary/aromatic N) is 4. The molecule has 0 fully saturated rings. The smallest absolute Gasteiger partial charge is 0.267 e. The van der Waals surface area contributed by atoms with Gasteiger partial charge in [0, 0.05) is 30.4 Å². The van der Waals surface area contributed by atoms with Crippen LogP contribution in [0.2, 0.25) is 0 Å². The van der Waals surface area contributed by atoms with Gasteiger partial charge >= 0.3 is 0 Å². The molecule has 2 heterocycles. The molecule has 8 nitrogen and oxygen atoms in total. The first-order chi connectivity index (χ1) is 13.5. The third-order valence-electron chi connectivity index (χ3n) is 4.12. The fraction of sp³-hybridized carbons (Fsp3) is 0.211. The molecule has 1 unspecified atom stereocenters. The Kier molecular flexibility index (Phi) is 5.73. The van der Waals surface area contributed by atoms with Crippen molar-refractivity contribution >= 4 is 5.91 Å². The number of rotatable bonds is 6. The van der Waals surface area contributed by atoms with Crippen molar-refractivity contribution in [3.8, 4) is 11.3 Å². The van der Waals surface area contributed by atoms with E-state index >= 15 is 0 Å². The minimum Gasteiger partial charge on any atom is -0.352 e. The van der Waals surface area contributed by atoms with E-state index in [1.54, 1.807) is 19.1 Å². The van der Waals surface area contributed by atoms with Crippen molar-refractivity contribution in [1.82, 2.24) is 24.9 Å². The maximum absolute atomic E-state index is 13.1. The summed E-state index contributed by atoms with van der Waals surface area (Å²) in [6.45, 7) is 1.92. The Morgan fingerprint density at radius 1 is 1.11 bits per heavy atom. The molecule has 3 aromatic rings. The van der Waals surface area contributed by atoms with Gasteiger partial charge in [-0.05, 0) is 43.3 Å². The molecule has 0 saturated heterocycles. The summed E-state index contributed by atoms with van der Waals surface area (Å²) < 4.78 is 15.4. The van der Waals surface area contributed by atoms with Crippen molar-refractivity contribution in [2.45, 2.75) is 19.5 Å². The van der Waals surface area contributed by atoms with Crippen LogP contribution < -0.4 is 16.4 Å². The van der Waals surface area contributed by atoms with Crippen LogP contribution in [0.1, 0.15) is 13.0 Å². The van der Waals surface area contributed by atoms with E-state index in [-0.39, 0.29) is 24.5 Å². The number of nitrogens with one attached hydrogen (secondary N) is 1. The molecule has 3 rings (SSSR count). The second kappa shape index (κ2) is 8.38. The Labute approximate surface area is 159 Å². The minimum absolute atomic E-state index is 0.173. The average Bonchev–Trinajstić information content (AvgIpc) is 2.70. The molecule has 0 radical (unpaired) electrons. The summed E-state index contributed by atoms with van der Waals surface area (Å²) in [5.74, 6) is -0.799. The molecule has 1 N–H and O–H groups in total. The average molecular weight is 383 g/mol. The van der Waals surface area contributed by atoms with Crippen LogP contribution in [-0.4, -0.2) is 32.0 Å². The Balaban J connectivity index is 1.71. The molecule has 0 aliphatic heterocycles. The number of hydrogen-bond donors (Lipinski definition) is 1. The van der Waals surface area contributed by atoms with Crippen LogP contribution in [0.5, 0.6) is 0 Å². The van der Waals surface area contributed by atoms with Crippen LogP contribution in [0.4, 0.5) is 4.39 Å². The van der Waals surface area contributed by atoms with Gasteiger partial charge in [0.1, 0.15) is 11.9 Å². The summed E-state index contributed by atoms with van der Waals surface area (Å²) in [6.07, 6.45) is 1.48. The lowest BCUT2D eigenvalue weighted by molar-refractivity contribution is -0.124. The van der Waals surface area contributed by atoms with Gasteiger partial charge in [-0.25, -0.2) is 13.8 Å². The minimum atomic E-state index is -0.867. The lowest BCUT2D eigenvalue weighted by atomic mass is 10.1. The first-order valence-electron chi connectivity index (χ1n) is 8.61. The number of carbonyl (C=O) groups is 1. The maximum Gasteiger partial charge on any atom is 0.267 e. The molecule has 2 aromatic heterocycles. The fourth-order valence-corrected chi connectivity index (χ4v) is 2.58. The van der Waals surface area contributed by atoms with Crippen molar-refractivity contribution < 1.29 is 9.18 Å². The Bertz CT molecular complexity index is 1090. The fourth-order valence-electron chi connectivity index (χ4n) is 2.58. The SMILES string of the molecule is CC(C(=O)NCCn1ncccc1=O)n1nc(-c2ccc(F)cc2)ccc1=O. The predicted octanol–water partition coefficient (Wildman–Crippen LogP) is 0.983. The van der Waals surface area contributed by atoms with E-state index < -0.39 is 17.5 Å². The number of hydrogen-bond acceptors (Lipinski definition) is 5. The van der Waals surface area contributed by atoms with Gasteiger partial charge in [-0.3, -0.25) is 14.4 Å². The lowest BCUT2D eigenvalue weighted by Crippen LogP contribution is -2.39. The van der Waals surface area contributed by atoms with Crippen LogP contribution in [0.15, 0.2) is 64.3 Å². The number of amides is 1. The van der Waals surface area contributed by atoms with Crippen molar-refractivity contribution in [2.75, 3.05) is 6.54 Å². The summed E-state index contributed by atoms with van der Waals surface area (Å²) in [4.78, 5) is 36.1. The van der Waals surface area contributed by atoms with Crippen LogP contribution in [0.25, 0.3) is 11.3 Å². The van der Waals surface area contributed by atoms with Crippen molar-refractivity contribution in [2.24, 2.45) is 0 Å². The monoisotopic (exact) mass is 383 g/mol. The summed E-state index contributed by atoms with van der Waals surface area (Å²) >= 11 is 0. The van der Waals surface area contributed by atoms with E-state index in [1.165, 1.54) is 47.3 Å². The van der Waals surface area contributed by atoms with E-state index in [0.717, 1.165) is 4.68 Å². The highest BCUT2D eigenvalue weighted by Gasteiger charge is 2.17. The summed E-state index contributed by atoms with van der Waals surface area (Å²) in [5, 5.41) is 10.8. The molecule has 0 bridgehead atoms. The summed E-state index contributed by atoms with van der Waals surface area (Å²) in [5.41, 5.74) is 0.362. The highest BCUT2D eigenvalue weighted by Crippen LogP contribution is 2.16. The number of benzene rings is 1. The zero-order valence-corrected chi connectivity index (χ0v) is 15.1. The Hall–Kier alpha value is -3.62. The lowest BCUT2D eigenvalue weighted by Gasteiger charge is -2.15. The number of carbonyl (C=O) groups excluding carboxylic acids is 1. The molecule has 0 aliphatic carbocycles. The van der Waals surface area contributed by atoms with E-state index in [0.29, 0.717) is 11.3 Å². The molecule has 28 heavy (non-hydrogen) atoms. The quantitative estimate of drug-likeness (QED) is 0.684. The van der Waals surface area contributed by atoms with Crippen LogP contribution in [0.3, 0.4) is 0 Å². The molecule has 1 atom stereocenters. The Morgan fingerprint density at radius 2 is 1.86 bits per heavy atom. The predicted molar refractivity (Wildman–Crippen MR) is 100 cm³/mol. The molecule has 0 spiro atoms. The third-order valence-corrected chi connectivity index (χ3v) is 4.12. The zero-order chi connectivity index (χ0) is 20.1. The molecular weight excluding hydrogens is 365 g/mol. The molecular formula is C19H18FN5O3. The molecule has 0 aliphatic rings. The van der Waals surface area contributed by atoms with Gasteiger partial charge in [0.2, 0.25) is 5.91 Å². The standard InChI is InChI=1S/C19H18FN5O3/c1-13(19(28)21-11-12-24-17(26)3-2-10-22-24)25-18(27)9-8-16(23-25)14-4-6-15(20)7-5-14/h2-10,13H,11-12H2,1H3,(H,21,28). The van der Waals surface area contributed by atoms with Crippen molar-refractivity contribution in [1.29, 1.82) is 0 Å². The molecule has 0 saturated carbocycles. The van der Waals surface area contributed by atoms with Crippen molar-refractivity contribution in [3.05, 3.63) is 81.3 Å². The van der Waals surface area contributed by atoms with Gasteiger partial charge < -0.3 is 5.32 Å². The third kappa shape index (κ3) is 4.37. The van der Waals surface area contributed by atoms with E-state index in [1.807, 2.05) is 0 Å².